The zero-order chi connectivity index (χ0) is 15.7. The SMILES string of the molecule is NCC1=CC=C(c2cccc(C(F)(F)F)c2)CCC1(F)F. The van der Waals surface area contributed by atoms with Gasteiger partial charge in [-0.3, -0.25) is 0 Å². The quantitative estimate of drug-likeness (QED) is 0.805. The molecule has 0 saturated heterocycles. The Balaban J connectivity index is 2.36. The van der Waals surface area contributed by atoms with Crippen molar-refractivity contribution in [3.63, 3.8) is 0 Å². The molecule has 1 aromatic rings. The van der Waals surface area contributed by atoms with Gasteiger partial charge in [0.15, 0.2) is 0 Å². The van der Waals surface area contributed by atoms with Crippen molar-refractivity contribution in [1.29, 1.82) is 0 Å². The normalized spacial score (nSPS) is 18.8. The van der Waals surface area contributed by atoms with Gasteiger partial charge in [-0.15, -0.1) is 0 Å². The van der Waals surface area contributed by atoms with Crippen LogP contribution in [0.5, 0.6) is 0 Å². The summed E-state index contributed by atoms with van der Waals surface area (Å²) in [6, 6.07) is 4.69. The van der Waals surface area contributed by atoms with Crippen LogP contribution in [0.4, 0.5) is 22.0 Å². The number of nitrogens with two attached hydrogens (primary N) is 1. The molecule has 0 radical (unpaired) electrons. The van der Waals surface area contributed by atoms with Gasteiger partial charge in [0.1, 0.15) is 0 Å². The van der Waals surface area contributed by atoms with Crippen molar-refractivity contribution in [2.75, 3.05) is 6.54 Å². The first-order valence-electron chi connectivity index (χ1n) is 6.40. The number of allylic oxidation sites excluding steroid dienone is 3. The summed E-state index contributed by atoms with van der Waals surface area (Å²) in [5.41, 5.74) is 5.04. The Kier molecular flexibility index (Phi) is 4.18. The van der Waals surface area contributed by atoms with Gasteiger partial charge in [-0.1, -0.05) is 24.3 Å². The van der Waals surface area contributed by atoms with Crippen LogP contribution in [0.3, 0.4) is 0 Å². The minimum atomic E-state index is -4.45. The summed E-state index contributed by atoms with van der Waals surface area (Å²) in [5.74, 6) is -3.02. The van der Waals surface area contributed by atoms with E-state index in [2.05, 4.69) is 0 Å². The summed E-state index contributed by atoms with van der Waals surface area (Å²) >= 11 is 0. The van der Waals surface area contributed by atoms with Crippen molar-refractivity contribution < 1.29 is 22.0 Å². The predicted molar refractivity (Wildman–Crippen MR) is 70.7 cm³/mol. The maximum atomic E-state index is 13.7. The van der Waals surface area contributed by atoms with E-state index < -0.39 is 24.1 Å². The molecule has 21 heavy (non-hydrogen) atoms. The number of benzene rings is 1. The van der Waals surface area contributed by atoms with Crippen molar-refractivity contribution in [2.24, 2.45) is 5.73 Å². The van der Waals surface area contributed by atoms with Gasteiger partial charge in [0, 0.05) is 18.5 Å². The van der Waals surface area contributed by atoms with Crippen molar-refractivity contribution in [3.8, 4) is 0 Å². The maximum Gasteiger partial charge on any atom is 0.416 e. The van der Waals surface area contributed by atoms with Gasteiger partial charge in [-0.2, -0.15) is 13.2 Å². The third-order valence-electron chi connectivity index (χ3n) is 3.44. The molecule has 0 heterocycles. The van der Waals surface area contributed by atoms with E-state index in [1.807, 2.05) is 0 Å². The van der Waals surface area contributed by atoms with E-state index in [1.165, 1.54) is 24.3 Å². The van der Waals surface area contributed by atoms with Gasteiger partial charge in [-0.25, -0.2) is 8.78 Å². The lowest BCUT2D eigenvalue weighted by atomic mass is 9.98. The third kappa shape index (κ3) is 3.50. The van der Waals surface area contributed by atoms with E-state index in [0.29, 0.717) is 11.1 Å². The van der Waals surface area contributed by atoms with Gasteiger partial charge in [-0.05, 0) is 29.7 Å². The van der Waals surface area contributed by atoms with E-state index in [-0.39, 0.29) is 18.5 Å². The largest absolute Gasteiger partial charge is 0.416 e. The maximum absolute atomic E-state index is 13.7. The number of hydrogen-bond donors (Lipinski definition) is 1. The Labute approximate surface area is 118 Å². The average molecular weight is 303 g/mol. The first-order chi connectivity index (χ1) is 9.74. The Morgan fingerprint density at radius 1 is 1.14 bits per heavy atom. The molecule has 2 N–H and O–H groups in total. The molecule has 1 aliphatic carbocycles. The van der Waals surface area contributed by atoms with Crippen molar-refractivity contribution in [3.05, 3.63) is 53.1 Å². The zero-order valence-electron chi connectivity index (χ0n) is 11.1. The molecule has 0 fully saturated rings. The van der Waals surface area contributed by atoms with E-state index in [4.69, 9.17) is 5.73 Å². The summed E-state index contributed by atoms with van der Waals surface area (Å²) in [7, 11) is 0. The van der Waals surface area contributed by atoms with Crippen molar-refractivity contribution >= 4 is 5.57 Å². The summed E-state index contributed by atoms with van der Waals surface area (Å²) in [5, 5.41) is 0. The lowest BCUT2D eigenvalue weighted by molar-refractivity contribution is -0.137. The summed E-state index contributed by atoms with van der Waals surface area (Å²) in [6.45, 7) is -0.278. The van der Waals surface area contributed by atoms with Gasteiger partial charge in [0.2, 0.25) is 0 Å². The first kappa shape index (κ1) is 15.7. The van der Waals surface area contributed by atoms with Gasteiger partial charge in [0.25, 0.3) is 5.92 Å². The van der Waals surface area contributed by atoms with Crippen LogP contribution in [0.15, 0.2) is 42.0 Å². The Morgan fingerprint density at radius 2 is 1.86 bits per heavy atom. The van der Waals surface area contributed by atoms with Gasteiger partial charge in [0.05, 0.1) is 5.56 Å². The van der Waals surface area contributed by atoms with Crippen LogP contribution in [-0.4, -0.2) is 12.5 Å². The molecule has 0 unspecified atom stereocenters. The predicted octanol–water partition coefficient (Wildman–Crippen LogP) is 4.40. The highest BCUT2D eigenvalue weighted by Gasteiger charge is 2.34. The van der Waals surface area contributed by atoms with E-state index in [1.54, 1.807) is 0 Å². The lowest BCUT2D eigenvalue weighted by Gasteiger charge is -2.17. The van der Waals surface area contributed by atoms with Crippen LogP contribution in [0.1, 0.15) is 24.0 Å². The van der Waals surface area contributed by atoms with Crippen molar-refractivity contribution in [2.45, 2.75) is 24.9 Å². The third-order valence-corrected chi connectivity index (χ3v) is 3.44. The lowest BCUT2D eigenvalue weighted by Crippen LogP contribution is -2.24. The standard InChI is InChI=1S/C15H14F5N/c16-14(17)7-6-10(4-5-13(14)9-21)11-2-1-3-12(8-11)15(18,19)20/h1-5,8H,6-7,9,21H2. The number of rotatable bonds is 2. The fourth-order valence-electron chi connectivity index (χ4n) is 2.21. The molecule has 2 rings (SSSR count). The van der Waals surface area contributed by atoms with Crippen molar-refractivity contribution in [1.82, 2.24) is 0 Å². The fourth-order valence-corrected chi connectivity index (χ4v) is 2.21. The summed E-state index contributed by atoms with van der Waals surface area (Å²) in [4.78, 5) is 0. The van der Waals surface area contributed by atoms with Crippen LogP contribution in [0.2, 0.25) is 0 Å². The molecule has 0 aromatic heterocycles. The molecule has 1 nitrogen and oxygen atoms in total. The van der Waals surface area contributed by atoms with Gasteiger partial charge >= 0.3 is 6.18 Å². The molecule has 0 spiro atoms. The Hall–Kier alpha value is -1.69. The molecule has 0 amide bonds. The fraction of sp³-hybridized carbons (Fsp3) is 0.333. The molecular weight excluding hydrogens is 289 g/mol. The molecule has 0 aliphatic heterocycles. The zero-order valence-corrected chi connectivity index (χ0v) is 11.1. The molecular formula is C15H14F5N. The highest BCUT2D eigenvalue weighted by Crippen LogP contribution is 2.37. The monoisotopic (exact) mass is 303 g/mol. The molecule has 114 valence electrons. The Bertz CT molecular complexity index is 584. The van der Waals surface area contributed by atoms with Crippen LogP contribution in [0, 0.1) is 0 Å². The topological polar surface area (TPSA) is 26.0 Å². The van der Waals surface area contributed by atoms with Crippen LogP contribution >= 0.6 is 0 Å². The molecule has 1 aliphatic rings. The molecule has 0 saturated carbocycles. The van der Waals surface area contributed by atoms with E-state index >= 15 is 0 Å². The number of alkyl halides is 5. The summed E-state index contributed by atoms with van der Waals surface area (Å²) < 4.78 is 65.5. The van der Waals surface area contributed by atoms with Crippen LogP contribution in [-0.2, 0) is 6.18 Å². The van der Waals surface area contributed by atoms with Crippen LogP contribution in [0.25, 0.3) is 5.57 Å². The Morgan fingerprint density at radius 3 is 2.48 bits per heavy atom. The van der Waals surface area contributed by atoms with E-state index in [0.717, 1.165) is 12.1 Å². The van der Waals surface area contributed by atoms with E-state index in [9.17, 15) is 22.0 Å². The molecule has 6 heteroatoms. The average Bonchev–Trinajstić information content (AvgIpc) is 2.56. The second-order valence-corrected chi connectivity index (χ2v) is 4.87. The summed E-state index contributed by atoms with van der Waals surface area (Å²) in [6.07, 6.45) is -2.28. The van der Waals surface area contributed by atoms with Gasteiger partial charge < -0.3 is 5.73 Å². The van der Waals surface area contributed by atoms with Crippen LogP contribution < -0.4 is 5.73 Å². The molecule has 0 atom stereocenters. The highest BCUT2D eigenvalue weighted by atomic mass is 19.4. The first-order valence-corrected chi connectivity index (χ1v) is 6.40. The second kappa shape index (κ2) is 5.60. The minimum absolute atomic E-state index is 0.00564. The molecule has 0 bridgehead atoms. The molecule has 1 aromatic carbocycles. The number of hydrogen-bond acceptors (Lipinski definition) is 1. The smallest absolute Gasteiger partial charge is 0.327 e. The minimum Gasteiger partial charge on any atom is -0.327 e. The second-order valence-electron chi connectivity index (χ2n) is 4.87. The number of halogens is 5. The highest BCUT2D eigenvalue weighted by molar-refractivity contribution is 5.68.